The van der Waals surface area contributed by atoms with Crippen molar-refractivity contribution >= 4 is 0 Å². The van der Waals surface area contributed by atoms with Crippen LogP contribution in [-0.2, 0) is 5.54 Å². The maximum atomic E-state index is 13.6. The molecule has 2 N–H and O–H groups in total. The molecule has 0 spiro atoms. The molecule has 0 radical (unpaired) electrons. The molecule has 1 aromatic heterocycles. The van der Waals surface area contributed by atoms with E-state index in [0.29, 0.717) is 11.5 Å². The van der Waals surface area contributed by atoms with Gasteiger partial charge in [0.05, 0.1) is 6.20 Å². The molecule has 82 valence electrons. The molecule has 1 aliphatic carbocycles. The molecule has 0 saturated heterocycles. The lowest BCUT2D eigenvalue weighted by Gasteiger charge is -2.36. The van der Waals surface area contributed by atoms with Gasteiger partial charge < -0.3 is 5.73 Å². The lowest BCUT2D eigenvalue weighted by Crippen LogP contribution is -2.40. The van der Waals surface area contributed by atoms with Gasteiger partial charge in [-0.2, -0.15) is 0 Å². The first kappa shape index (κ1) is 10.6. The van der Waals surface area contributed by atoms with Gasteiger partial charge in [0.1, 0.15) is 5.82 Å². The average Bonchev–Trinajstić information content (AvgIpc) is 2.23. The van der Waals surface area contributed by atoms with E-state index >= 15 is 0 Å². The van der Waals surface area contributed by atoms with Crippen LogP contribution in [0.4, 0.5) is 4.39 Å². The van der Waals surface area contributed by atoms with Crippen molar-refractivity contribution in [3.8, 4) is 0 Å². The summed E-state index contributed by atoms with van der Waals surface area (Å²) in [6, 6.07) is 1.71. The van der Waals surface area contributed by atoms with Gasteiger partial charge in [0, 0.05) is 17.3 Å². The average molecular weight is 208 g/mol. The number of hydrogen-bond acceptors (Lipinski definition) is 2. The summed E-state index contributed by atoms with van der Waals surface area (Å²) in [4.78, 5) is 3.76. The Kier molecular flexibility index (Phi) is 2.74. The standard InChI is InChI=1S/C12H17FN2/c1-9-2-5-12(14,6-3-9)10-4-7-15-8-11(10)13/h4,7-9H,2-3,5-6,14H2,1H3. The van der Waals surface area contributed by atoms with Gasteiger partial charge in [-0.1, -0.05) is 6.92 Å². The Labute approximate surface area is 89.7 Å². The number of pyridine rings is 1. The largest absolute Gasteiger partial charge is 0.321 e. The van der Waals surface area contributed by atoms with Crippen LogP contribution in [0.3, 0.4) is 0 Å². The Hall–Kier alpha value is -0.960. The monoisotopic (exact) mass is 208 g/mol. The number of nitrogens with zero attached hydrogens (tertiary/aromatic N) is 1. The van der Waals surface area contributed by atoms with Crippen molar-refractivity contribution in [1.82, 2.24) is 4.98 Å². The molecule has 1 fully saturated rings. The second kappa shape index (κ2) is 3.89. The van der Waals surface area contributed by atoms with Crippen molar-refractivity contribution in [3.05, 3.63) is 29.8 Å². The first-order chi connectivity index (χ1) is 7.12. The van der Waals surface area contributed by atoms with E-state index in [0.717, 1.165) is 25.7 Å². The Bertz CT molecular complexity index is 343. The molecule has 1 saturated carbocycles. The third-order valence-electron chi connectivity index (χ3n) is 3.48. The fraction of sp³-hybridized carbons (Fsp3) is 0.583. The van der Waals surface area contributed by atoms with Crippen LogP contribution in [0.2, 0.25) is 0 Å². The molecule has 0 aliphatic heterocycles. The van der Waals surface area contributed by atoms with Gasteiger partial charge in [-0.15, -0.1) is 0 Å². The van der Waals surface area contributed by atoms with Crippen molar-refractivity contribution < 1.29 is 4.39 Å². The van der Waals surface area contributed by atoms with Gasteiger partial charge in [-0.25, -0.2) is 4.39 Å². The van der Waals surface area contributed by atoms with Crippen molar-refractivity contribution in [2.24, 2.45) is 11.7 Å². The minimum absolute atomic E-state index is 0.269. The van der Waals surface area contributed by atoms with Crippen LogP contribution in [0.1, 0.15) is 38.2 Å². The third kappa shape index (κ3) is 2.02. The lowest BCUT2D eigenvalue weighted by atomic mass is 9.74. The highest BCUT2D eigenvalue weighted by Gasteiger charge is 2.33. The zero-order valence-corrected chi connectivity index (χ0v) is 9.04. The van der Waals surface area contributed by atoms with Gasteiger partial charge in [-0.3, -0.25) is 4.98 Å². The quantitative estimate of drug-likeness (QED) is 0.770. The van der Waals surface area contributed by atoms with Crippen LogP contribution in [0, 0.1) is 11.7 Å². The van der Waals surface area contributed by atoms with E-state index in [-0.39, 0.29) is 5.82 Å². The zero-order chi connectivity index (χ0) is 10.9. The molecular weight excluding hydrogens is 191 g/mol. The summed E-state index contributed by atoms with van der Waals surface area (Å²) in [7, 11) is 0. The number of aromatic nitrogens is 1. The predicted octanol–water partition coefficient (Wildman–Crippen LogP) is 2.58. The molecule has 1 aromatic rings. The summed E-state index contributed by atoms with van der Waals surface area (Å²) in [6.45, 7) is 2.22. The number of rotatable bonds is 1. The van der Waals surface area contributed by atoms with Crippen LogP contribution < -0.4 is 5.73 Å². The Morgan fingerprint density at radius 1 is 1.47 bits per heavy atom. The highest BCUT2D eigenvalue weighted by Crippen LogP contribution is 2.37. The van der Waals surface area contributed by atoms with Gasteiger partial charge >= 0.3 is 0 Å². The molecule has 2 nitrogen and oxygen atoms in total. The maximum absolute atomic E-state index is 13.6. The molecule has 2 rings (SSSR count). The van der Waals surface area contributed by atoms with Crippen LogP contribution in [0.25, 0.3) is 0 Å². The summed E-state index contributed by atoms with van der Waals surface area (Å²) in [5.74, 6) is 0.445. The van der Waals surface area contributed by atoms with Crippen molar-refractivity contribution in [2.45, 2.75) is 38.1 Å². The Morgan fingerprint density at radius 2 is 2.13 bits per heavy atom. The highest BCUT2D eigenvalue weighted by atomic mass is 19.1. The highest BCUT2D eigenvalue weighted by molar-refractivity contribution is 5.23. The van der Waals surface area contributed by atoms with E-state index < -0.39 is 5.54 Å². The molecule has 1 aliphatic rings. The van der Waals surface area contributed by atoms with Crippen molar-refractivity contribution in [3.63, 3.8) is 0 Å². The summed E-state index contributed by atoms with van der Waals surface area (Å²) < 4.78 is 13.6. The normalized spacial score (nSPS) is 31.5. The SMILES string of the molecule is CC1CCC(N)(c2ccncc2F)CC1. The minimum atomic E-state index is -0.473. The van der Waals surface area contributed by atoms with Gasteiger partial charge in [-0.05, 0) is 37.7 Å². The summed E-state index contributed by atoms with van der Waals surface area (Å²) in [5, 5.41) is 0. The van der Waals surface area contributed by atoms with Crippen LogP contribution in [0.5, 0.6) is 0 Å². The van der Waals surface area contributed by atoms with Crippen LogP contribution >= 0.6 is 0 Å². The second-order valence-corrected chi connectivity index (χ2v) is 4.69. The molecule has 15 heavy (non-hydrogen) atoms. The molecule has 0 aromatic carbocycles. The van der Waals surface area contributed by atoms with Crippen LogP contribution in [-0.4, -0.2) is 4.98 Å². The van der Waals surface area contributed by atoms with Crippen molar-refractivity contribution in [1.29, 1.82) is 0 Å². The topological polar surface area (TPSA) is 38.9 Å². The summed E-state index contributed by atoms with van der Waals surface area (Å²) in [6.07, 6.45) is 6.77. The molecule has 3 heteroatoms. The Morgan fingerprint density at radius 3 is 2.73 bits per heavy atom. The molecular formula is C12H17FN2. The van der Waals surface area contributed by atoms with E-state index in [4.69, 9.17) is 5.73 Å². The molecule has 0 bridgehead atoms. The lowest BCUT2D eigenvalue weighted by molar-refractivity contribution is 0.241. The van der Waals surface area contributed by atoms with E-state index in [1.807, 2.05) is 0 Å². The van der Waals surface area contributed by atoms with Gasteiger partial charge in [0.15, 0.2) is 0 Å². The summed E-state index contributed by atoms with van der Waals surface area (Å²) in [5.41, 5.74) is 6.43. The fourth-order valence-electron chi connectivity index (χ4n) is 2.33. The first-order valence-corrected chi connectivity index (χ1v) is 5.51. The van der Waals surface area contributed by atoms with Crippen molar-refractivity contribution in [2.75, 3.05) is 0 Å². The van der Waals surface area contributed by atoms with Crippen LogP contribution in [0.15, 0.2) is 18.5 Å². The number of halogens is 1. The Balaban J connectivity index is 2.26. The number of nitrogens with two attached hydrogens (primary N) is 1. The molecule has 0 atom stereocenters. The fourth-order valence-corrected chi connectivity index (χ4v) is 2.33. The maximum Gasteiger partial charge on any atom is 0.146 e. The summed E-state index contributed by atoms with van der Waals surface area (Å²) >= 11 is 0. The molecule has 0 unspecified atom stereocenters. The van der Waals surface area contributed by atoms with E-state index in [1.165, 1.54) is 6.20 Å². The van der Waals surface area contributed by atoms with E-state index in [2.05, 4.69) is 11.9 Å². The second-order valence-electron chi connectivity index (χ2n) is 4.69. The minimum Gasteiger partial charge on any atom is -0.321 e. The predicted molar refractivity (Wildman–Crippen MR) is 57.7 cm³/mol. The molecule has 1 heterocycles. The first-order valence-electron chi connectivity index (χ1n) is 5.51. The van der Waals surface area contributed by atoms with Gasteiger partial charge in [0.2, 0.25) is 0 Å². The van der Waals surface area contributed by atoms with Gasteiger partial charge in [0.25, 0.3) is 0 Å². The third-order valence-corrected chi connectivity index (χ3v) is 3.48. The van der Waals surface area contributed by atoms with E-state index in [9.17, 15) is 4.39 Å². The zero-order valence-electron chi connectivity index (χ0n) is 9.04. The smallest absolute Gasteiger partial charge is 0.146 e. The van der Waals surface area contributed by atoms with E-state index in [1.54, 1.807) is 12.3 Å². The number of hydrogen-bond donors (Lipinski definition) is 1. The molecule has 0 amide bonds.